The van der Waals surface area contributed by atoms with Crippen LogP contribution in [0.25, 0.3) is 23.0 Å². The first kappa shape index (κ1) is 26.3. The van der Waals surface area contributed by atoms with Gasteiger partial charge in [0.25, 0.3) is 0 Å². The summed E-state index contributed by atoms with van der Waals surface area (Å²) in [5.74, 6) is 0.214. The fraction of sp³-hybridized carbons (Fsp3) is 0.143. The second kappa shape index (κ2) is 11.6. The van der Waals surface area contributed by atoms with Crippen LogP contribution >= 0.6 is 23.2 Å². The van der Waals surface area contributed by atoms with Crippen LogP contribution in [0, 0.1) is 13.8 Å². The third kappa shape index (κ3) is 6.22. The molecule has 0 aliphatic rings. The van der Waals surface area contributed by atoms with E-state index < -0.39 is 6.04 Å². The number of aromatic nitrogens is 7. The number of H-pyrrole nitrogens is 1. The van der Waals surface area contributed by atoms with Gasteiger partial charge in [-0.25, -0.2) is 4.98 Å². The van der Waals surface area contributed by atoms with Crippen molar-refractivity contribution in [3.63, 3.8) is 0 Å². The SMILES string of the molecule is Cc1ccc(-c2nc([C@H](Cc3cccnc3C)NC(=O)/C=C/c3cc(Cl)ccc3-n3cnnn3)[nH]c2Cl)cc1. The van der Waals surface area contributed by atoms with Gasteiger partial charge in [0.1, 0.15) is 23.0 Å². The lowest BCUT2D eigenvalue weighted by atomic mass is 10.0. The lowest BCUT2D eigenvalue weighted by Crippen LogP contribution is -2.29. The molecule has 0 aliphatic heterocycles. The van der Waals surface area contributed by atoms with Gasteiger partial charge < -0.3 is 10.3 Å². The summed E-state index contributed by atoms with van der Waals surface area (Å²) >= 11 is 12.8. The second-order valence-electron chi connectivity index (χ2n) is 8.95. The first-order chi connectivity index (χ1) is 18.9. The lowest BCUT2D eigenvalue weighted by molar-refractivity contribution is -0.117. The number of nitrogens with one attached hydrogen (secondary N) is 2. The van der Waals surface area contributed by atoms with E-state index >= 15 is 0 Å². The Hall–Kier alpha value is -4.34. The van der Waals surface area contributed by atoms with E-state index in [4.69, 9.17) is 28.2 Å². The first-order valence-corrected chi connectivity index (χ1v) is 12.9. The van der Waals surface area contributed by atoms with Crippen molar-refractivity contribution in [2.75, 3.05) is 0 Å². The van der Waals surface area contributed by atoms with Crippen LogP contribution in [0.2, 0.25) is 10.2 Å². The molecule has 9 nitrogen and oxygen atoms in total. The topological polar surface area (TPSA) is 114 Å². The Morgan fingerprint density at radius 3 is 2.69 bits per heavy atom. The number of aryl methyl sites for hydroxylation is 2. The number of hydrogen-bond acceptors (Lipinski definition) is 6. The van der Waals surface area contributed by atoms with Crippen molar-refractivity contribution in [1.82, 2.24) is 40.5 Å². The van der Waals surface area contributed by atoms with Crippen LogP contribution in [-0.2, 0) is 11.2 Å². The maximum absolute atomic E-state index is 13.2. The minimum absolute atomic E-state index is 0.325. The molecule has 0 fully saturated rings. The van der Waals surface area contributed by atoms with Crippen LogP contribution < -0.4 is 5.32 Å². The molecule has 0 spiro atoms. The quantitative estimate of drug-likeness (QED) is 0.243. The summed E-state index contributed by atoms with van der Waals surface area (Å²) in [6, 6.07) is 16.5. The molecule has 39 heavy (non-hydrogen) atoms. The number of rotatable bonds is 8. The maximum atomic E-state index is 13.2. The molecular formula is C28H24Cl2N8O. The molecule has 3 heterocycles. The molecule has 0 bridgehead atoms. The number of amides is 1. The number of imidazole rings is 1. The molecule has 196 valence electrons. The van der Waals surface area contributed by atoms with Gasteiger partial charge in [-0.15, -0.1) is 5.10 Å². The average molecular weight is 559 g/mol. The largest absolute Gasteiger partial charge is 0.342 e. The Morgan fingerprint density at radius 2 is 1.95 bits per heavy atom. The van der Waals surface area contributed by atoms with Crippen LogP contribution in [0.3, 0.4) is 0 Å². The zero-order chi connectivity index (χ0) is 27.4. The van der Waals surface area contributed by atoms with Gasteiger partial charge in [-0.3, -0.25) is 9.78 Å². The Bertz CT molecular complexity index is 1630. The van der Waals surface area contributed by atoms with Crippen molar-refractivity contribution in [2.24, 2.45) is 0 Å². The molecule has 0 radical (unpaired) electrons. The van der Waals surface area contributed by atoms with Crippen LogP contribution in [0.1, 0.15) is 34.3 Å². The normalized spacial score (nSPS) is 12.1. The third-order valence-corrected chi connectivity index (χ3v) is 6.70. The second-order valence-corrected chi connectivity index (χ2v) is 9.77. The lowest BCUT2D eigenvalue weighted by Gasteiger charge is -2.17. The van der Waals surface area contributed by atoms with Crippen molar-refractivity contribution in [1.29, 1.82) is 0 Å². The molecule has 11 heteroatoms. The van der Waals surface area contributed by atoms with Gasteiger partial charge >= 0.3 is 0 Å². The summed E-state index contributed by atoms with van der Waals surface area (Å²) in [5, 5.41) is 15.3. The molecule has 5 rings (SSSR count). The van der Waals surface area contributed by atoms with Gasteiger partial charge in [-0.05, 0) is 60.2 Å². The molecule has 0 saturated heterocycles. The Kier molecular flexibility index (Phi) is 7.81. The number of pyridine rings is 1. The number of nitrogens with zero attached hydrogens (tertiary/aromatic N) is 6. The Labute approximate surface area is 234 Å². The molecule has 1 amide bonds. The highest BCUT2D eigenvalue weighted by molar-refractivity contribution is 6.32. The van der Waals surface area contributed by atoms with Crippen molar-refractivity contribution >= 4 is 35.2 Å². The van der Waals surface area contributed by atoms with Crippen LogP contribution in [0.15, 0.2) is 73.2 Å². The number of aromatic amines is 1. The minimum atomic E-state index is -0.500. The summed E-state index contributed by atoms with van der Waals surface area (Å²) < 4.78 is 1.50. The van der Waals surface area contributed by atoms with Gasteiger partial charge in [0.15, 0.2) is 0 Å². The molecule has 0 aliphatic carbocycles. The smallest absolute Gasteiger partial charge is 0.244 e. The average Bonchev–Trinajstić information content (AvgIpc) is 3.59. The fourth-order valence-electron chi connectivity index (χ4n) is 4.13. The standard InChI is InChI=1S/C28H24Cl2N8O/c1-17-5-7-19(8-6-17)26-27(30)35-28(34-26)23(15-20-4-3-13-31-18(20)2)33-25(39)12-9-21-14-22(29)10-11-24(21)38-16-32-36-37-38/h3-14,16,23H,15H2,1-2H3,(H,33,39)(H,34,35)/b12-9+/t23-/m0/s1. The predicted molar refractivity (Wildman–Crippen MR) is 151 cm³/mol. The van der Waals surface area contributed by atoms with Crippen LogP contribution in [-0.4, -0.2) is 41.1 Å². The van der Waals surface area contributed by atoms with E-state index in [9.17, 15) is 4.79 Å². The van der Waals surface area contributed by atoms with E-state index in [-0.39, 0.29) is 5.91 Å². The predicted octanol–water partition coefficient (Wildman–Crippen LogP) is 5.48. The van der Waals surface area contributed by atoms with E-state index in [1.807, 2.05) is 50.2 Å². The van der Waals surface area contributed by atoms with E-state index in [1.165, 1.54) is 17.1 Å². The van der Waals surface area contributed by atoms with E-state index in [0.29, 0.717) is 39.4 Å². The molecule has 0 unspecified atom stereocenters. The first-order valence-electron chi connectivity index (χ1n) is 12.1. The summed E-state index contributed by atoms with van der Waals surface area (Å²) in [4.78, 5) is 25.5. The molecule has 3 aromatic heterocycles. The summed E-state index contributed by atoms with van der Waals surface area (Å²) in [6.07, 6.45) is 6.77. The van der Waals surface area contributed by atoms with Gasteiger partial charge in [0.05, 0.1) is 11.7 Å². The zero-order valence-electron chi connectivity index (χ0n) is 21.1. The maximum Gasteiger partial charge on any atom is 0.244 e. The number of halogens is 2. The van der Waals surface area contributed by atoms with Crippen molar-refractivity contribution < 1.29 is 4.79 Å². The Morgan fingerprint density at radius 1 is 1.13 bits per heavy atom. The highest BCUT2D eigenvalue weighted by atomic mass is 35.5. The zero-order valence-corrected chi connectivity index (χ0v) is 22.6. The number of carbonyl (C=O) groups excluding carboxylic acids is 1. The van der Waals surface area contributed by atoms with Crippen molar-refractivity contribution in [3.8, 4) is 16.9 Å². The summed E-state index contributed by atoms with van der Waals surface area (Å²) in [6.45, 7) is 3.95. The highest BCUT2D eigenvalue weighted by Gasteiger charge is 2.22. The highest BCUT2D eigenvalue weighted by Crippen LogP contribution is 2.29. The van der Waals surface area contributed by atoms with E-state index in [2.05, 4.69) is 30.8 Å². The van der Waals surface area contributed by atoms with Crippen molar-refractivity contribution in [3.05, 3.63) is 112 Å². The number of benzene rings is 2. The van der Waals surface area contributed by atoms with Crippen LogP contribution in [0.5, 0.6) is 0 Å². The minimum Gasteiger partial charge on any atom is -0.342 e. The van der Waals surface area contributed by atoms with Crippen LogP contribution in [0.4, 0.5) is 0 Å². The molecule has 2 N–H and O–H groups in total. The molecule has 1 atom stereocenters. The Balaban J connectivity index is 1.44. The van der Waals surface area contributed by atoms with Gasteiger partial charge in [0, 0.05) is 40.5 Å². The van der Waals surface area contributed by atoms with E-state index in [1.54, 1.807) is 30.5 Å². The molecule has 0 saturated carbocycles. The molecule has 5 aromatic rings. The summed E-state index contributed by atoms with van der Waals surface area (Å²) in [7, 11) is 0. The van der Waals surface area contributed by atoms with E-state index in [0.717, 1.165) is 22.4 Å². The number of carbonyl (C=O) groups is 1. The molecule has 2 aromatic carbocycles. The van der Waals surface area contributed by atoms with Crippen molar-refractivity contribution in [2.45, 2.75) is 26.3 Å². The number of tetrazole rings is 1. The third-order valence-electron chi connectivity index (χ3n) is 6.19. The number of hydrogen-bond donors (Lipinski definition) is 2. The van der Waals surface area contributed by atoms with Gasteiger partial charge in [-0.2, -0.15) is 4.68 Å². The molecular weight excluding hydrogens is 535 g/mol. The van der Waals surface area contributed by atoms with Gasteiger partial charge in [-0.1, -0.05) is 59.1 Å². The van der Waals surface area contributed by atoms with Gasteiger partial charge in [0.2, 0.25) is 5.91 Å². The monoisotopic (exact) mass is 558 g/mol. The summed E-state index contributed by atoms with van der Waals surface area (Å²) in [5.41, 5.74) is 5.84. The fourth-order valence-corrected chi connectivity index (χ4v) is 4.56.